The lowest BCUT2D eigenvalue weighted by molar-refractivity contribution is 0.671. The normalized spacial score (nSPS) is 10.9. The number of rotatable bonds is 4. The van der Waals surface area contributed by atoms with Gasteiger partial charge in [-0.15, -0.1) is 0 Å². The Morgan fingerprint density at radius 1 is 0.760 bits per heavy atom. The molecule has 0 saturated carbocycles. The molecule has 3 nitrogen and oxygen atoms in total. The van der Waals surface area contributed by atoms with Gasteiger partial charge in [0.15, 0.2) is 0 Å². The molecule has 0 amide bonds. The number of para-hydroxylation sites is 1. The van der Waals surface area contributed by atoms with Crippen molar-refractivity contribution >= 4 is 10.9 Å². The SMILES string of the molecule is O=c1c2ccccc2nc(-c2ccccc2)n1CCc1ccccc1. The zero-order valence-electron chi connectivity index (χ0n) is 13.8. The largest absolute Gasteiger partial charge is 0.292 e. The van der Waals surface area contributed by atoms with Crippen LogP contribution in [0, 0.1) is 0 Å². The van der Waals surface area contributed by atoms with Gasteiger partial charge in [0, 0.05) is 12.1 Å². The van der Waals surface area contributed by atoms with E-state index in [1.807, 2.05) is 72.8 Å². The van der Waals surface area contributed by atoms with E-state index in [4.69, 9.17) is 4.98 Å². The molecule has 4 aromatic rings. The second kappa shape index (κ2) is 6.73. The van der Waals surface area contributed by atoms with E-state index >= 15 is 0 Å². The highest BCUT2D eigenvalue weighted by molar-refractivity contribution is 5.79. The van der Waals surface area contributed by atoms with E-state index in [1.54, 1.807) is 4.57 Å². The third-order valence-corrected chi connectivity index (χ3v) is 4.36. The highest BCUT2D eigenvalue weighted by Crippen LogP contribution is 2.19. The highest BCUT2D eigenvalue weighted by atomic mass is 16.1. The van der Waals surface area contributed by atoms with Crippen LogP contribution in [0.4, 0.5) is 0 Å². The van der Waals surface area contributed by atoms with Crippen LogP contribution in [0.1, 0.15) is 5.56 Å². The molecule has 0 aliphatic carbocycles. The molecule has 0 radical (unpaired) electrons. The summed E-state index contributed by atoms with van der Waals surface area (Å²) in [5.41, 5.74) is 2.92. The maximum absolute atomic E-state index is 13.1. The van der Waals surface area contributed by atoms with Gasteiger partial charge < -0.3 is 0 Å². The summed E-state index contributed by atoms with van der Waals surface area (Å²) in [5, 5.41) is 0.662. The molecule has 0 aliphatic rings. The standard InChI is InChI=1S/C22H18N2O/c25-22-19-13-7-8-14-20(19)23-21(18-11-5-2-6-12-18)24(22)16-15-17-9-3-1-4-10-17/h1-14H,15-16H2. The summed E-state index contributed by atoms with van der Waals surface area (Å²) in [6, 6.07) is 27.7. The van der Waals surface area contributed by atoms with Gasteiger partial charge in [-0.25, -0.2) is 4.98 Å². The van der Waals surface area contributed by atoms with Crippen molar-refractivity contribution in [2.75, 3.05) is 0 Å². The van der Waals surface area contributed by atoms with Gasteiger partial charge in [0.05, 0.1) is 10.9 Å². The van der Waals surface area contributed by atoms with E-state index in [2.05, 4.69) is 12.1 Å². The van der Waals surface area contributed by atoms with Crippen molar-refractivity contribution in [3.63, 3.8) is 0 Å². The number of fused-ring (bicyclic) bond motifs is 1. The van der Waals surface area contributed by atoms with Crippen LogP contribution in [0.3, 0.4) is 0 Å². The van der Waals surface area contributed by atoms with Crippen molar-refractivity contribution in [3.8, 4) is 11.4 Å². The van der Waals surface area contributed by atoms with Crippen LogP contribution >= 0.6 is 0 Å². The third-order valence-electron chi connectivity index (χ3n) is 4.36. The Hall–Kier alpha value is -3.20. The fourth-order valence-electron chi connectivity index (χ4n) is 3.07. The van der Waals surface area contributed by atoms with Crippen molar-refractivity contribution in [2.45, 2.75) is 13.0 Å². The van der Waals surface area contributed by atoms with Crippen LogP contribution in [0.2, 0.25) is 0 Å². The Morgan fingerprint density at radius 2 is 1.40 bits per heavy atom. The number of nitrogens with zero attached hydrogens (tertiary/aromatic N) is 2. The second-order valence-electron chi connectivity index (χ2n) is 6.01. The first-order chi connectivity index (χ1) is 12.3. The van der Waals surface area contributed by atoms with Crippen molar-refractivity contribution in [1.82, 2.24) is 9.55 Å². The van der Waals surface area contributed by atoms with E-state index < -0.39 is 0 Å². The summed E-state index contributed by atoms with van der Waals surface area (Å²) in [6.07, 6.45) is 0.792. The molecule has 0 unspecified atom stereocenters. The summed E-state index contributed by atoms with van der Waals surface area (Å²) >= 11 is 0. The zero-order valence-corrected chi connectivity index (χ0v) is 13.8. The fraction of sp³-hybridized carbons (Fsp3) is 0.0909. The van der Waals surface area contributed by atoms with E-state index in [0.29, 0.717) is 11.9 Å². The molecule has 0 atom stereocenters. The van der Waals surface area contributed by atoms with Crippen LogP contribution in [-0.2, 0) is 13.0 Å². The highest BCUT2D eigenvalue weighted by Gasteiger charge is 2.12. The number of hydrogen-bond acceptors (Lipinski definition) is 2. The van der Waals surface area contributed by atoms with E-state index in [9.17, 15) is 4.79 Å². The number of benzene rings is 3. The van der Waals surface area contributed by atoms with Crippen molar-refractivity contribution in [2.24, 2.45) is 0 Å². The molecule has 0 spiro atoms. The maximum atomic E-state index is 13.1. The Labute approximate surface area is 146 Å². The van der Waals surface area contributed by atoms with Gasteiger partial charge in [-0.2, -0.15) is 0 Å². The maximum Gasteiger partial charge on any atom is 0.261 e. The van der Waals surface area contributed by atoms with Gasteiger partial charge in [0.1, 0.15) is 5.82 Å². The van der Waals surface area contributed by atoms with Crippen molar-refractivity contribution < 1.29 is 0 Å². The third kappa shape index (κ3) is 3.09. The lowest BCUT2D eigenvalue weighted by atomic mass is 10.1. The van der Waals surface area contributed by atoms with Gasteiger partial charge in [-0.3, -0.25) is 9.36 Å². The zero-order chi connectivity index (χ0) is 17.1. The summed E-state index contributed by atoms with van der Waals surface area (Å²) < 4.78 is 1.80. The molecule has 0 fully saturated rings. The summed E-state index contributed by atoms with van der Waals surface area (Å²) in [6.45, 7) is 0.602. The summed E-state index contributed by atoms with van der Waals surface area (Å²) in [5.74, 6) is 0.722. The molecule has 0 aliphatic heterocycles. The van der Waals surface area contributed by atoms with Crippen LogP contribution in [0.5, 0.6) is 0 Å². The molecule has 4 rings (SSSR count). The first-order valence-electron chi connectivity index (χ1n) is 8.42. The number of aryl methyl sites for hydroxylation is 1. The molecule has 0 bridgehead atoms. The monoisotopic (exact) mass is 326 g/mol. The van der Waals surface area contributed by atoms with Crippen LogP contribution < -0.4 is 5.56 Å². The first-order valence-corrected chi connectivity index (χ1v) is 8.42. The molecule has 122 valence electrons. The second-order valence-corrected chi connectivity index (χ2v) is 6.01. The molecule has 25 heavy (non-hydrogen) atoms. The summed E-state index contributed by atoms with van der Waals surface area (Å²) in [4.78, 5) is 17.8. The lowest BCUT2D eigenvalue weighted by Crippen LogP contribution is -2.24. The number of hydrogen-bond donors (Lipinski definition) is 0. The molecule has 1 aromatic heterocycles. The van der Waals surface area contributed by atoms with Gasteiger partial charge in [-0.05, 0) is 24.1 Å². The van der Waals surface area contributed by atoms with Crippen molar-refractivity contribution in [1.29, 1.82) is 0 Å². The lowest BCUT2D eigenvalue weighted by Gasteiger charge is -2.14. The van der Waals surface area contributed by atoms with Crippen LogP contribution in [-0.4, -0.2) is 9.55 Å². The Morgan fingerprint density at radius 3 is 2.16 bits per heavy atom. The van der Waals surface area contributed by atoms with Gasteiger partial charge >= 0.3 is 0 Å². The minimum atomic E-state index is 0.0142. The molecular weight excluding hydrogens is 308 g/mol. The minimum absolute atomic E-state index is 0.0142. The van der Waals surface area contributed by atoms with Crippen LogP contribution in [0.25, 0.3) is 22.3 Å². The van der Waals surface area contributed by atoms with E-state index in [0.717, 1.165) is 23.3 Å². The molecular formula is C22H18N2O. The fourth-order valence-corrected chi connectivity index (χ4v) is 3.07. The van der Waals surface area contributed by atoms with Gasteiger partial charge in [-0.1, -0.05) is 72.8 Å². The molecule has 0 saturated heterocycles. The van der Waals surface area contributed by atoms with Crippen LogP contribution in [0.15, 0.2) is 89.7 Å². The average Bonchev–Trinajstić information content (AvgIpc) is 2.69. The molecule has 3 heteroatoms. The van der Waals surface area contributed by atoms with E-state index in [-0.39, 0.29) is 5.56 Å². The predicted octanol–water partition coefficient (Wildman–Crippen LogP) is 4.31. The Kier molecular flexibility index (Phi) is 4.13. The quantitative estimate of drug-likeness (QED) is 0.560. The molecule has 1 heterocycles. The first kappa shape index (κ1) is 15.3. The minimum Gasteiger partial charge on any atom is -0.292 e. The topological polar surface area (TPSA) is 34.9 Å². The smallest absolute Gasteiger partial charge is 0.261 e. The summed E-state index contributed by atoms with van der Waals surface area (Å²) in [7, 11) is 0. The van der Waals surface area contributed by atoms with Gasteiger partial charge in [0.2, 0.25) is 0 Å². The average molecular weight is 326 g/mol. The van der Waals surface area contributed by atoms with Gasteiger partial charge in [0.25, 0.3) is 5.56 Å². The molecule has 3 aromatic carbocycles. The predicted molar refractivity (Wildman–Crippen MR) is 102 cm³/mol. The number of aromatic nitrogens is 2. The van der Waals surface area contributed by atoms with E-state index in [1.165, 1.54) is 5.56 Å². The molecule has 0 N–H and O–H groups in total. The van der Waals surface area contributed by atoms with Crippen molar-refractivity contribution in [3.05, 3.63) is 101 Å². The Bertz CT molecular complexity index is 1050. The Balaban J connectivity index is 1.85.